The number of hydrogen-bond acceptors (Lipinski definition) is 7. The molecular formula is C21H30O8. The van der Waals surface area contributed by atoms with E-state index < -0.39 is 29.3 Å². The number of carboxylic acid groups (broad SMARTS) is 1. The lowest BCUT2D eigenvalue weighted by atomic mass is 9.88. The molecule has 0 bridgehead atoms. The quantitative estimate of drug-likeness (QED) is 0.314. The summed E-state index contributed by atoms with van der Waals surface area (Å²) in [6.07, 6.45) is 1.28. The molecule has 0 amide bonds. The van der Waals surface area contributed by atoms with Crippen LogP contribution in [0.25, 0.3) is 0 Å². The largest absolute Gasteiger partial charge is 0.478 e. The van der Waals surface area contributed by atoms with E-state index >= 15 is 0 Å². The predicted molar refractivity (Wildman–Crippen MR) is 108 cm³/mol. The summed E-state index contributed by atoms with van der Waals surface area (Å²) < 4.78 is 15.5. The minimum absolute atomic E-state index is 0.0812. The highest BCUT2D eigenvalue weighted by atomic mass is 16.6. The first-order valence-corrected chi connectivity index (χ1v) is 8.65. The second-order valence-corrected chi connectivity index (χ2v) is 6.47. The molecule has 0 fully saturated rings. The van der Waals surface area contributed by atoms with Crippen LogP contribution in [0.3, 0.4) is 0 Å². The Bertz CT molecular complexity index is 598. The summed E-state index contributed by atoms with van der Waals surface area (Å²) in [5.74, 6) is -2.68. The van der Waals surface area contributed by atoms with Crippen LogP contribution in [0.5, 0.6) is 0 Å². The molecule has 162 valence electrons. The maximum Gasteiger partial charge on any atom is 0.333 e. The van der Waals surface area contributed by atoms with Gasteiger partial charge in [0.05, 0.1) is 5.41 Å². The Morgan fingerprint density at radius 2 is 1.03 bits per heavy atom. The number of carbonyl (C=O) groups is 4. The smallest absolute Gasteiger partial charge is 0.333 e. The molecule has 0 rings (SSSR count). The summed E-state index contributed by atoms with van der Waals surface area (Å²) in [7, 11) is 0. The SMILES string of the molecule is C=C(C)C(=O)OCC(CC)(COC(=O)C(=C)C)COC(=O)C(=C)C.C=CC(=O)O. The zero-order valence-electron chi connectivity index (χ0n) is 17.5. The van der Waals surface area contributed by atoms with E-state index in [0.717, 1.165) is 6.08 Å². The van der Waals surface area contributed by atoms with Crippen molar-refractivity contribution in [1.29, 1.82) is 0 Å². The highest BCUT2D eigenvalue weighted by Crippen LogP contribution is 2.25. The van der Waals surface area contributed by atoms with Gasteiger partial charge in [0.1, 0.15) is 19.8 Å². The third-order valence-electron chi connectivity index (χ3n) is 3.50. The Labute approximate surface area is 171 Å². The average Bonchev–Trinajstić information content (AvgIpc) is 2.66. The highest BCUT2D eigenvalue weighted by Gasteiger charge is 2.34. The molecule has 0 aromatic heterocycles. The monoisotopic (exact) mass is 410 g/mol. The normalized spacial score (nSPS) is 9.79. The Balaban J connectivity index is 0. The van der Waals surface area contributed by atoms with Gasteiger partial charge in [-0.2, -0.15) is 0 Å². The van der Waals surface area contributed by atoms with Crippen LogP contribution in [0.15, 0.2) is 49.1 Å². The van der Waals surface area contributed by atoms with Gasteiger partial charge in [-0.15, -0.1) is 0 Å². The maximum atomic E-state index is 11.6. The summed E-state index contributed by atoms with van der Waals surface area (Å²) >= 11 is 0. The van der Waals surface area contributed by atoms with Gasteiger partial charge in [0.25, 0.3) is 0 Å². The van der Waals surface area contributed by atoms with Crippen molar-refractivity contribution in [3.63, 3.8) is 0 Å². The standard InChI is InChI=1S/C18H26O6.C3H4O2/c1-8-18(9-22-15(19)12(2)3,10-23-16(20)13(4)5)11-24-17(21)14(6)7;1-2-3(4)5/h2,4,6,8-11H2,1,3,5,7H3;2H,1H2,(H,4,5). The zero-order valence-corrected chi connectivity index (χ0v) is 17.5. The number of carboxylic acids is 1. The van der Waals surface area contributed by atoms with Crippen molar-refractivity contribution < 1.29 is 38.5 Å². The zero-order chi connectivity index (χ0) is 23.2. The first-order chi connectivity index (χ1) is 13.3. The van der Waals surface area contributed by atoms with Crippen LogP contribution in [0.4, 0.5) is 0 Å². The first kappa shape index (κ1) is 28.1. The van der Waals surface area contributed by atoms with Gasteiger partial charge in [0.15, 0.2) is 0 Å². The van der Waals surface area contributed by atoms with E-state index in [-0.39, 0.29) is 36.5 Å². The van der Waals surface area contributed by atoms with E-state index in [4.69, 9.17) is 19.3 Å². The van der Waals surface area contributed by atoms with Crippen LogP contribution in [0.2, 0.25) is 0 Å². The van der Waals surface area contributed by atoms with Crippen LogP contribution < -0.4 is 0 Å². The second-order valence-electron chi connectivity index (χ2n) is 6.47. The van der Waals surface area contributed by atoms with Crippen molar-refractivity contribution >= 4 is 23.9 Å². The fourth-order valence-electron chi connectivity index (χ4n) is 1.46. The lowest BCUT2D eigenvalue weighted by molar-refractivity contribution is -0.157. The van der Waals surface area contributed by atoms with E-state index in [0.29, 0.717) is 6.42 Å². The summed E-state index contributed by atoms with van der Waals surface area (Å²) in [6, 6.07) is 0. The third kappa shape index (κ3) is 12.8. The van der Waals surface area contributed by atoms with Gasteiger partial charge in [0, 0.05) is 22.8 Å². The first-order valence-electron chi connectivity index (χ1n) is 8.65. The van der Waals surface area contributed by atoms with Crippen LogP contribution in [0.1, 0.15) is 34.1 Å². The van der Waals surface area contributed by atoms with Crippen molar-refractivity contribution in [3.8, 4) is 0 Å². The Kier molecular flexibility index (Phi) is 13.5. The van der Waals surface area contributed by atoms with E-state index in [9.17, 15) is 19.2 Å². The molecule has 0 aliphatic carbocycles. The van der Waals surface area contributed by atoms with E-state index in [1.54, 1.807) is 0 Å². The van der Waals surface area contributed by atoms with E-state index in [1.807, 2.05) is 6.92 Å². The number of carbonyl (C=O) groups excluding carboxylic acids is 3. The van der Waals surface area contributed by atoms with Gasteiger partial charge in [-0.3, -0.25) is 0 Å². The molecule has 0 atom stereocenters. The number of esters is 3. The van der Waals surface area contributed by atoms with Gasteiger partial charge < -0.3 is 19.3 Å². The minimum atomic E-state index is -0.981. The third-order valence-corrected chi connectivity index (χ3v) is 3.50. The van der Waals surface area contributed by atoms with Crippen molar-refractivity contribution in [1.82, 2.24) is 0 Å². The van der Waals surface area contributed by atoms with Gasteiger partial charge in [-0.1, -0.05) is 33.2 Å². The van der Waals surface area contributed by atoms with E-state index in [2.05, 4.69) is 26.3 Å². The Hall–Kier alpha value is -3.16. The summed E-state index contributed by atoms with van der Waals surface area (Å²) in [5, 5.41) is 7.60. The molecule has 0 saturated heterocycles. The number of hydrogen-bond donors (Lipinski definition) is 1. The number of ether oxygens (including phenoxy) is 3. The van der Waals surface area contributed by atoms with Crippen molar-refractivity contribution in [2.45, 2.75) is 34.1 Å². The molecule has 0 aromatic rings. The molecule has 0 aromatic carbocycles. The van der Waals surface area contributed by atoms with Crippen molar-refractivity contribution in [2.24, 2.45) is 5.41 Å². The second kappa shape index (κ2) is 13.9. The van der Waals surface area contributed by atoms with Gasteiger partial charge in [-0.05, 0) is 27.2 Å². The van der Waals surface area contributed by atoms with Crippen LogP contribution >= 0.6 is 0 Å². The lowest BCUT2D eigenvalue weighted by Gasteiger charge is -2.31. The summed E-state index contributed by atoms with van der Waals surface area (Å²) in [5.41, 5.74) is -0.116. The fourth-order valence-corrected chi connectivity index (χ4v) is 1.46. The molecule has 0 saturated carbocycles. The molecule has 8 heteroatoms. The molecule has 8 nitrogen and oxygen atoms in total. The van der Waals surface area contributed by atoms with Crippen molar-refractivity contribution in [3.05, 3.63) is 49.1 Å². The van der Waals surface area contributed by atoms with E-state index in [1.165, 1.54) is 20.8 Å². The van der Waals surface area contributed by atoms with Crippen LogP contribution in [-0.4, -0.2) is 48.8 Å². The van der Waals surface area contributed by atoms with Gasteiger partial charge >= 0.3 is 23.9 Å². The molecule has 0 heterocycles. The van der Waals surface area contributed by atoms with Crippen molar-refractivity contribution in [2.75, 3.05) is 19.8 Å². The van der Waals surface area contributed by atoms with Crippen LogP contribution in [0, 0.1) is 5.41 Å². The van der Waals surface area contributed by atoms with Gasteiger partial charge in [-0.25, -0.2) is 19.2 Å². The number of aliphatic carboxylic acids is 1. The summed E-state index contributed by atoms with van der Waals surface area (Å²) in [6.45, 7) is 19.6. The minimum Gasteiger partial charge on any atom is -0.478 e. The number of rotatable bonds is 11. The van der Waals surface area contributed by atoms with Gasteiger partial charge in [0.2, 0.25) is 0 Å². The topological polar surface area (TPSA) is 116 Å². The van der Waals surface area contributed by atoms with Crippen LogP contribution in [-0.2, 0) is 33.4 Å². The lowest BCUT2D eigenvalue weighted by Crippen LogP contribution is -2.39. The molecule has 0 aliphatic heterocycles. The Morgan fingerprint density at radius 3 is 1.17 bits per heavy atom. The highest BCUT2D eigenvalue weighted by molar-refractivity contribution is 5.88. The summed E-state index contributed by atoms with van der Waals surface area (Å²) in [4.78, 5) is 44.1. The molecule has 0 spiro atoms. The molecule has 0 aliphatic rings. The molecule has 0 unspecified atom stereocenters. The molecular weight excluding hydrogens is 380 g/mol. The Morgan fingerprint density at radius 1 is 0.793 bits per heavy atom. The molecule has 0 radical (unpaired) electrons. The average molecular weight is 410 g/mol. The molecule has 29 heavy (non-hydrogen) atoms. The fraction of sp³-hybridized carbons (Fsp3) is 0.429. The maximum absolute atomic E-state index is 11.6. The molecule has 1 N–H and O–H groups in total. The predicted octanol–water partition coefficient (Wildman–Crippen LogP) is 3.00.